The first-order valence-corrected chi connectivity index (χ1v) is 13.2. The van der Waals surface area contributed by atoms with Crippen molar-refractivity contribution in [2.24, 2.45) is 0 Å². The lowest BCUT2D eigenvalue weighted by molar-refractivity contribution is 0.984. The SMILES string of the molecule is C/C=C\C=C(/C)c1ccc(-c2ccc3c(c2)nn2c(-c4ccc5ccc6cccnc6c5n4)cccc32)cc1. The molecule has 0 unspecified atom stereocenters. The number of allylic oxidation sites excluding steroid dienone is 4. The molecular weight excluding hydrogens is 476 g/mol. The molecule has 0 saturated heterocycles. The number of benzene rings is 3. The molecule has 4 heteroatoms. The van der Waals surface area contributed by atoms with E-state index >= 15 is 0 Å². The first kappa shape index (κ1) is 23.1. The van der Waals surface area contributed by atoms with Crippen LogP contribution in [0.5, 0.6) is 0 Å². The van der Waals surface area contributed by atoms with Gasteiger partial charge in [-0.25, -0.2) is 9.50 Å². The molecule has 4 aromatic heterocycles. The van der Waals surface area contributed by atoms with Crippen LogP contribution in [0.25, 0.3) is 66.3 Å². The molecule has 4 nitrogen and oxygen atoms in total. The average molecular weight is 503 g/mol. The Morgan fingerprint density at radius 3 is 2.41 bits per heavy atom. The van der Waals surface area contributed by atoms with Crippen molar-refractivity contribution in [3.8, 4) is 22.5 Å². The van der Waals surface area contributed by atoms with E-state index in [1.54, 1.807) is 0 Å². The summed E-state index contributed by atoms with van der Waals surface area (Å²) in [6, 6.07) is 33.9. The first-order chi connectivity index (χ1) is 19.2. The maximum atomic E-state index is 5.07. The maximum absolute atomic E-state index is 5.07. The van der Waals surface area contributed by atoms with E-state index in [2.05, 4.69) is 115 Å². The van der Waals surface area contributed by atoms with Crippen LogP contribution < -0.4 is 0 Å². The zero-order valence-electron chi connectivity index (χ0n) is 21.8. The second kappa shape index (κ2) is 9.34. The lowest BCUT2D eigenvalue weighted by Crippen LogP contribution is -1.96. The van der Waals surface area contributed by atoms with Crippen LogP contribution in [-0.2, 0) is 0 Å². The van der Waals surface area contributed by atoms with E-state index in [9.17, 15) is 0 Å². The Balaban J connectivity index is 1.33. The van der Waals surface area contributed by atoms with Crippen LogP contribution in [0.3, 0.4) is 0 Å². The van der Waals surface area contributed by atoms with E-state index in [0.29, 0.717) is 0 Å². The number of rotatable bonds is 4. The van der Waals surface area contributed by atoms with Crippen molar-refractivity contribution in [1.82, 2.24) is 19.6 Å². The fraction of sp³-hybridized carbons (Fsp3) is 0.0571. The van der Waals surface area contributed by atoms with Crippen molar-refractivity contribution < 1.29 is 0 Å². The molecule has 0 amide bonds. The van der Waals surface area contributed by atoms with E-state index in [1.165, 1.54) is 16.7 Å². The molecule has 0 aliphatic heterocycles. The molecule has 0 bridgehead atoms. The minimum Gasteiger partial charge on any atom is -0.254 e. The summed E-state index contributed by atoms with van der Waals surface area (Å²) in [7, 11) is 0. The highest BCUT2D eigenvalue weighted by molar-refractivity contribution is 6.03. The van der Waals surface area contributed by atoms with Crippen LogP contribution in [0.15, 0.2) is 121 Å². The quantitative estimate of drug-likeness (QED) is 0.178. The van der Waals surface area contributed by atoms with Crippen molar-refractivity contribution in [3.63, 3.8) is 0 Å². The number of nitrogens with zero attached hydrogens (tertiary/aromatic N) is 4. The van der Waals surface area contributed by atoms with Gasteiger partial charge in [-0.1, -0.05) is 78.9 Å². The van der Waals surface area contributed by atoms with Crippen LogP contribution in [-0.4, -0.2) is 19.6 Å². The van der Waals surface area contributed by atoms with Crippen LogP contribution in [0.4, 0.5) is 0 Å². The molecule has 0 atom stereocenters. The molecule has 0 radical (unpaired) electrons. The third kappa shape index (κ3) is 3.98. The zero-order chi connectivity index (χ0) is 26.3. The Morgan fingerprint density at radius 1 is 0.769 bits per heavy atom. The standard InChI is InChI=1S/C35H26N4/c1-3-4-7-23(2)24-11-13-25(14-12-24)28-17-19-29-31(22-28)38-39-32(29)9-5-10-33(39)30-20-18-27-16-15-26-8-6-21-36-34(26)35(27)37-30/h3-22H,1-2H3/b4-3-,23-7+. The molecule has 0 aliphatic rings. The summed E-state index contributed by atoms with van der Waals surface area (Å²) in [6.07, 6.45) is 8.08. The summed E-state index contributed by atoms with van der Waals surface area (Å²) >= 11 is 0. The molecule has 39 heavy (non-hydrogen) atoms. The largest absolute Gasteiger partial charge is 0.254 e. The summed E-state index contributed by atoms with van der Waals surface area (Å²) in [5.74, 6) is 0. The van der Waals surface area contributed by atoms with E-state index in [-0.39, 0.29) is 0 Å². The molecular formula is C35H26N4. The van der Waals surface area contributed by atoms with E-state index < -0.39 is 0 Å². The van der Waals surface area contributed by atoms with E-state index in [0.717, 1.165) is 55.2 Å². The molecule has 0 N–H and O–H groups in total. The van der Waals surface area contributed by atoms with Gasteiger partial charge < -0.3 is 0 Å². The highest BCUT2D eigenvalue weighted by Crippen LogP contribution is 2.31. The molecule has 0 fully saturated rings. The van der Waals surface area contributed by atoms with Gasteiger partial charge in [0.25, 0.3) is 0 Å². The van der Waals surface area contributed by atoms with Gasteiger partial charge in [-0.15, -0.1) is 0 Å². The minimum atomic E-state index is 0.871. The minimum absolute atomic E-state index is 0.871. The second-order valence-electron chi connectivity index (χ2n) is 9.80. The van der Waals surface area contributed by atoms with Gasteiger partial charge in [0.05, 0.1) is 33.5 Å². The lowest BCUT2D eigenvalue weighted by atomic mass is 10.00. The molecule has 3 aromatic carbocycles. The van der Waals surface area contributed by atoms with Crippen molar-refractivity contribution >= 4 is 43.8 Å². The average Bonchev–Trinajstić information content (AvgIpc) is 3.38. The number of fused-ring (bicyclic) bond motifs is 6. The predicted octanol–water partition coefficient (Wildman–Crippen LogP) is 8.90. The predicted molar refractivity (Wildman–Crippen MR) is 163 cm³/mol. The number of hydrogen-bond acceptors (Lipinski definition) is 3. The van der Waals surface area contributed by atoms with Gasteiger partial charge in [-0.3, -0.25) is 4.98 Å². The molecule has 7 aromatic rings. The Labute approximate surface area is 226 Å². The van der Waals surface area contributed by atoms with E-state index in [4.69, 9.17) is 10.1 Å². The fourth-order valence-corrected chi connectivity index (χ4v) is 5.25. The first-order valence-electron chi connectivity index (χ1n) is 13.2. The van der Waals surface area contributed by atoms with Crippen molar-refractivity contribution in [2.45, 2.75) is 13.8 Å². The Kier molecular flexibility index (Phi) is 5.52. The molecule has 7 rings (SSSR count). The molecule has 4 heterocycles. The summed E-state index contributed by atoms with van der Waals surface area (Å²) in [4.78, 5) is 9.68. The van der Waals surface area contributed by atoms with Gasteiger partial charge in [0.2, 0.25) is 0 Å². The highest BCUT2D eigenvalue weighted by atomic mass is 15.2. The monoisotopic (exact) mass is 502 g/mol. The van der Waals surface area contributed by atoms with Crippen LogP contribution in [0.1, 0.15) is 19.4 Å². The van der Waals surface area contributed by atoms with E-state index in [1.807, 2.05) is 29.8 Å². The molecule has 0 spiro atoms. The molecule has 0 saturated carbocycles. The summed E-state index contributed by atoms with van der Waals surface area (Å²) < 4.78 is 2.01. The Hall–Kier alpha value is -5.09. The smallest absolute Gasteiger partial charge is 0.0972 e. The van der Waals surface area contributed by atoms with Gasteiger partial charge in [0, 0.05) is 22.4 Å². The maximum Gasteiger partial charge on any atom is 0.0972 e. The number of hydrogen-bond donors (Lipinski definition) is 0. The number of pyridine rings is 3. The van der Waals surface area contributed by atoms with Crippen molar-refractivity contribution in [2.75, 3.05) is 0 Å². The number of aromatic nitrogens is 4. The van der Waals surface area contributed by atoms with Crippen molar-refractivity contribution in [3.05, 3.63) is 127 Å². The second-order valence-corrected chi connectivity index (χ2v) is 9.80. The summed E-state index contributed by atoms with van der Waals surface area (Å²) in [5, 5.41) is 8.32. The van der Waals surface area contributed by atoms with Gasteiger partial charge in [0.1, 0.15) is 0 Å². The lowest BCUT2D eigenvalue weighted by Gasteiger charge is -2.07. The van der Waals surface area contributed by atoms with Crippen LogP contribution in [0.2, 0.25) is 0 Å². The van der Waals surface area contributed by atoms with Crippen molar-refractivity contribution in [1.29, 1.82) is 0 Å². The third-order valence-corrected chi connectivity index (χ3v) is 7.35. The van der Waals surface area contributed by atoms with Gasteiger partial charge in [0.15, 0.2) is 0 Å². The zero-order valence-corrected chi connectivity index (χ0v) is 21.8. The van der Waals surface area contributed by atoms with Crippen LogP contribution >= 0.6 is 0 Å². The van der Waals surface area contributed by atoms with Gasteiger partial charge in [-0.05, 0) is 72.5 Å². The Morgan fingerprint density at radius 2 is 1.56 bits per heavy atom. The normalized spacial score (nSPS) is 12.4. The Bertz CT molecular complexity index is 2080. The summed E-state index contributed by atoms with van der Waals surface area (Å²) in [5.41, 5.74) is 10.5. The third-order valence-electron chi connectivity index (χ3n) is 7.35. The topological polar surface area (TPSA) is 43.1 Å². The van der Waals surface area contributed by atoms with Gasteiger partial charge in [-0.2, -0.15) is 5.10 Å². The van der Waals surface area contributed by atoms with Crippen LogP contribution in [0, 0.1) is 0 Å². The van der Waals surface area contributed by atoms with Gasteiger partial charge >= 0.3 is 0 Å². The fourth-order valence-electron chi connectivity index (χ4n) is 5.25. The molecule has 186 valence electrons. The summed E-state index contributed by atoms with van der Waals surface area (Å²) in [6.45, 7) is 4.17. The highest BCUT2D eigenvalue weighted by Gasteiger charge is 2.13. The molecule has 0 aliphatic carbocycles.